The number of hydrogen-bond donors (Lipinski definition) is 0. The van der Waals surface area contributed by atoms with Gasteiger partial charge in [0.1, 0.15) is 0 Å². The fourth-order valence-corrected chi connectivity index (χ4v) is 3.17. The minimum absolute atomic E-state index is 0.737. The van der Waals surface area contributed by atoms with Crippen molar-refractivity contribution in [2.24, 2.45) is 0 Å². The summed E-state index contributed by atoms with van der Waals surface area (Å²) in [5.41, 5.74) is 1.41. The summed E-state index contributed by atoms with van der Waals surface area (Å²) >= 11 is 8.27. The Labute approximate surface area is 123 Å². The summed E-state index contributed by atoms with van der Waals surface area (Å²) in [5.74, 6) is 0.737. The van der Waals surface area contributed by atoms with Gasteiger partial charge in [-0.15, -0.1) is 11.6 Å². The number of nitrogens with zero attached hydrogens (tertiary/aromatic N) is 1. The minimum atomic E-state index is 0.737. The number of halogens is 2. The van der Waals surface area contributed by atoms with Crippen molar-refractivity contribution >= 4 is 34.2 Å². The zero-order chi connectivity index (χ0) is 12.1. The Balaban J connectivity index is 1.98. The van der Waals surface area contributed by atoms with Gasteiger partial charge in [-0.1, -0.05) is 25.0 Å². The van der Waals surface area contributed by atoms with Gasteiger partial charge in [-0.2, -0.15) is 0 Å². The topological polar surface area (TPSA) is 3.24 Å². The molecule has 0 radical (unpaired) electrons. The molecule has 1 aromatic carbocycles. The average molecular weight is 364 g/mol. The van der Waals surface area contributed by atoms with E-state index < -0.39 is 0 Å². The lowest BCUT2D eigenvalue weighted by Crippen LogP contribution is -2.34. The molecule has 17 heavy (non-hydrogen) atoms. The normalized spacial score (nSPS) is 16.9. The van der Waals surface area contributed by atoms with E-state index in [4.69, 9.17) is 11.6 Å². The standard InChI is InChI=1S/C14H19ClIN/c15-9-10-17(14-3-1-2-4-14)11-12-5-7-13(16)8-6-12/h5-8,14H,1-4,9-11H2. The van der Waals surface area contributed by atoms with E-state index in [0.29, 0.717) is 0 Å². The highest BCUT2D eigenvalue weighted by molar-refractivity contribution is 14.1. The molecule has 1 fully saturated rings. The third kappa shape index (κ3) is 4.11. The van der Waals surface area contributed by atoms with Gasteiger partial charge in [0.25, 0.3) is 0 Å². The molecule has 0 unspecified atom stereocenters. The lowest BCUT2D eigenvalue weighted by molar-refractivity contribution is 0.201. The Bertz CT molecular complexity index is 333. The number of alkyl halides is 1. The Morgan fingerprint density at radius 3 is 2.41 bits per heavy atom. The van der Waals surface area contributed by atoms with Crippen LogP contribution < -0.4 is 0 Å². The van der Waals surface area contributed by atoms with E-state index in [0.717, 1.165) is 25.0 Å². The van der Waals surface area contributed by atoms with Crippen LogP contribution in [0.15, 0.2) is 24.3 Å². The molecule has 0 saturated heterocycles. The quantitative estimate of drug-likeness (QED) is 0.558. The van der Waals surface area contributed by atoms with Crippen molar-refractivity contribution in [3.05, 3.63) is 33.4 Å². The SMILES string of the molecule is ClCCN(Cc1ccc(I)cc1)C1CCCC1. The second-order valence-corrected chi connectivity index (χ2v) is 6.35. The molecule has 1 aliphatic rings. The lowest BCUT2D eigenvalue weighted by Gasteiger charge is -2.28. The van der Waals surface area contributed by atoms with E-state index in [-0.39, 0.29) is 0 Å². The van der Waals surface area contributed by atoms with Crippen molar-refractivity contribution in [3.8, 4) is 0 Å². The van der Waals surface area contributed by atoms with Crippen molar-refractivity contribution in [2.75, 3.05) is 12.4 Å². The fraction of sp³-hybridized carbons (Fsp3) is 0.571. The summed E-state index contributed by atoms with van der Waals surface area (Å²) in [6.45, 7) is 2.06. The maximum Gasteiger partial charge on any atom is 0.0351 e. The predicted molar refractivity (Wildman–Crippen MR) is 82.5 cm³/mol. The second-order valence-electron chi connectivity index (χ2n) is 4.72. The van der Waals surface area contributed by atoms with Crippen LogP contribution in [0.3, 0.4) is 0 Å². The Hall–Kier alpha value is 0.200. The molecule has 1 saturated carbocycles. The van der Waals surface area contributed by atoms with E-state index in [1.165, 1.54) is 34.8 Å². The Morgan fingerprint density at radius 2 is 1.82 bits per heavy atom. The van der Waals surface area contributed by atoms with E-state index in [1.807, 2.05) is 0 Å². The third-order valence-electron chi connectivity index (χ3n) is 3.51. The molecule has 1 aromatic rings. The van der Waals surface area contributed by atoms with Crippen LogP contribution in [0.2, 0.25) is 0 Å². The van der Waals surface area contributed by atoms with Crippen LogP contribution in [0.5, 0.6) is 0 Å². The molecule has 0 atom stereocenters. The van der Waals surface area contributed by atoms with E-state index in [2.05, 4.69) is 51.8 Å². The van der Waals surface area contributed by atoms with Crippen molar-refractivity contribution in [2.45, 2.75) is 38.3 Å². The van der Waals surface area contributed by atoms with E-state index >= 15 is 0 Å². The summed E-state index contributed by atoms with van der Waals surface area (Å²) in [6, 6.07) is 9.59. The predicted octanol–water partition coefficient (Wildman–Crippen LogP) is 4.27. The van der Waals surface area contributed by atoms with Crippen molar-refractivity contribution in [3.63, 3.8) is 0 Å². The van der Waals surface area contributed by atoms with Gasteiger partial charge >= 0.3 is 0 Å². The van der Waals surface area contributed by atoms with Gasteiger partial charge in [-0.25, -0.2) is 0 Å². The summed E-state index contributed by atoms with van der Waals surface area (Å²) < 4.78 is 1.30. The van der Waals surface area contributed by atoms with E-state index in [9.17, 15) is 0 Å². The highest BCUT2D eigenvalue weighted by Crippen LogP contribution is 2.25. The smallest absolute Gasteiger partial charge is 0.0351 e. The summed E-state index contributed by atoms with van der Waals surface area (Å²) in [4.78, 5) is 2.56. The van der Waals surface area contributed by atoms with Crippen LogP contribution in [0.4, 0.5) is 0 Å². The molecule has 0 spiro atoms. The van der Waals surface area contributed by atoms with Gasteiger partial charge in [0.05, 0.1) is 0 Å². The highest BCUT2D eigenvalue weighted by Gasteiger charge is 2.21. The maximum atomic E-state index is 5.92. The summed E-state index contributed by atoms with van der Waals surface area (Å²) in [6.07, 6.45) is 5.47. The van der Waals surface area contributed by atoms with Crippen LogP contribution >= 0.6 is 34.2 Å². The zero-order valence-corrected chi connectivity index (χ0v) is 13.0. The minimum Gasteiger partial charge on any atom is -0.295 e. The number of hydrogen-bond acceptors (Lipinski definition) is 1. The van der Waals surface area contributed by atoms with Crippen LogP contribution in [0.25, 0.3) is 0 Å². The summed E-state index contributed by atoms with van der Waals surface area (Å²) in [7, 11) is 0. The first kappa shape index (κ1) is 13.6. The maximum absolute atomic E-state index is 5.92. The Morgan fingerprint density at radius 1 is 1.18 bits per heavy atom. The first-order chi connectivity index (χ1) is 8.29. The van der Waals surface area contributed by atoms with Crippen molar-refractivity contribution in [1.82, 2.24) is 4.90 Å². The molecule has 94 valence electrons. The van der Waals surface area contributed by atoms with Gasteiger partial charge in [0.15, 0.2) is 0 Å². The molecule has 3 heteroatoms. The third-order valence-corrected chi connectivity index (χ3v) is 4.40. The fourth-order valence-electron chi connectivity index (χ4n) is 2.59. The van der Waals surface area contributed by atoms with Crippen molar-refractivity contribution < 1.29 is 0 Å². The Kier molecular flexibility index (Phi) is 5.57. The van der Waals surface area contributed by atoms with Crippen molar-refractivity contribution in [1.29, 1.82) is 0 Å². The first-order valence-corrected chi connectivity index (χ1v) is 7.95. The first-order valence-electron chi connectivity index (χ1n) is 6.34. The summed E-state index contributed by atoms with van der Waals surface area (Å²) in [5, 5.41) is 0. The van der Waals surface area contributed by atoms with Gasteiger partial charge in [-0.3, -0.25) is 4.90 Å². The van der Waals surface area contributed by atoms with Gasteiger partial charge in [0, 0.05) is 28.6 Å². The molecule has 0 N–H and O–H groups in total. The van der Waals surface area contributed by atoms with Gasteiger partial charge < -0.3 is 0 Å². The average Bonchev–Trinajstić information content (AvgIpc) is 2.85. The molecule has 2 rings (SSSR count). The molecule has 1 nitrogen and oxygen atoms in total. The number of rotatable bonds is 5. The lowest BCUT2D eigenvalue weighted by atomic mass is 10.1. The van der Waals surface area contributed by atoms with Crippen LogP contribution in [0, 0.1) is 3.57 Å². The molecular formula is C14H19ClIN. The van der Waals surface area contributed by atoms with Gasteiger partial charge in [0.2, 0.25) is 0 Å². The number of benzene rings is 1. The van der Waals surface area contributed by atoms with Crippen LogP contribution in [0.1, 0.15) is 31.2 Å². The molecule has 0 amide bonds. The second kappa shape index (κ2) is 6.95. The van der Waals surface area contributed by atoms with Crippen LogP contribution in [-0.4, -0.2) is 23.4 Å². The van der Waals surface area contributed by atoms with Gasteiger partial charge in [-0.05, 0) is 53.1 Å². The molecule has 1 aliphatic carbocycles. The molecule has 0 aliphatic heterocycles. The molecule has 0 aromatic heterocycles. The molecule has 0 heterocycles. The molecule has 0 bridgehead atoms. The monoisotopic (exact) mass is 363 g/mol. The molecular weight excluding hydrogens is 345 g/mol. The van der Waals surface area contributed by atoms with E-state index in [1.54, 1.807) is 0 Å². The zero-order valence-electron chi connectivity index (χ0n) is 10.0. The largest absolute Gasteiger partial charge is 0.295 e. The highest BCUT2D eigenvalue weighted by atomic mass is 127. The van der Waals surface area contributed by atoms with Crippen LogP contribution in [-0.2, 0) is 6.54 Å².